The van der Waals surface area contributed by atoms with Crippen LogP contribution < -0.4 is 4.74 Å². The topological polar surface area (TPSA) is 59.7 Å². The number of carbonyl (C=O) groups is 1. The molecule has 4 nitrogen and oxygen atoms in total. The molecule has 0 aliphatic rings. The van der Waals surface area contributed by atoms with Crippen LogP contribution in [-0.4, -0.2) is 18.0 Å². The Morgan fingerprint density at radius 1 is 1.27 bits per heavy atom. The molecule has 3 aromatic rings. The van der Waals surface area contributed by atoms with Gasteiger partial charge in [0, 0.05) is 17.0 Å². The summed E-state index contributed by atoms with van der Waals surface area (Å²) < 4.78 is 24.0. The maximum atomic E-state index is 13.0. The van der Waals surface area contributed by atoms with Gasteiger partial charge in [-0.05, 0) is 37.3 Å². The van der Waals surface area contributed by atoms with Crippen molar-refractivity contribution in [1.82, 2.24) is 0 Å². The van der Waals surface area contributed by atoms with Gasteiger partial charge in [0.25, 0.3) is 0 Å². The van der Waals surface area contributed by atoms with Gasteiger partial charge in [-0.1, -0.05) is 0 Å². The molecule has 112 valence electrons. The molecule has 0 spiro atoms. The highest BCUT2D eigenvalue weighted by Gasteiger charge is 2.18. The van der Waals surface area contributed by atoms with Crippen molar-refractivity contribution in [3.05, 3.63) is 47.8 Å². The van der Waals surface area contributed by atoms with Crippen molar-refractivity contribution in [3.8, 4) is 22.8 Å². The number of carbonyl (C=O) groups excluding carboxylic acids is 1. The molecule has 0 atom stereocenters. The molecule has 0 saturated heterocycles. The molecule has 5 heteroatoms. The number of fused-ring (bicyclic) bond motifs is 1. The zero-order valence-electron chi connectivity index (χ0n) is 11.8. The minimum atomic E-state index is -0.371. The van der Waals surface area contributed by atoms with Crippen LogP contribution in [-0.2, 0) is 0 Å². The molecule has 0 aliphatic heterocycles. The van der Waals surface area contributed by atoms with E-state index in [1.54, 1.807) is 6.92 Å². The quantitative estimate of drug-likeness (QED) is 0.735. The fraction of sp³-hybridized carbons (Fsp3) is 0.118. The van der Waals surface area contributed by atoms with E-state index in [1.807, 2.05) is 0 Å². The second kappa shape index (κ2) is 5.52. The highest BCUT2D eigenvalue weighted by molar-refractivity contribution is 6.03. The molecule has 22 heavy (non-hydrogen) atoms. The summed E-state index contributed by atoms with van der Waals surface area (Å²) in [7, 11) is 0. The van der Waals surface area contributed by atoms with Gasteiger partial charge in [0.1, 0.15) is 17.2 Å². The molecular weight excluding hydrogens is 287 g/mol. The first-order valence-electron chi connectivity index (χ1n) is 6.77. The molecule has 1 N–H and O–H groups in total. The van der Waals surface area contributed by atoms with Crippen LogP contribution in [0, 0.1) is 5.82 Å². The van der Waals surface area contributed by atoms with E-state index in [4.69, 9.17) is 9.15 Å². The average molecular weight is 300 g/mol. The van der Waals surface area contributed by atoms with Gasteiger partial charge in [0.15, 0.2) is 17.8 Å². The van der Waals surface area contributed by atoms with Crippen LogP contribution in [0.4, 0.5) is 4.39 Å². The van der Waals surface area contributed by atoms with E-state index in [1.165, 1.54) is 36.4 Å². The highest BCUT2D eigenvalue weighted by Crippen LogP contribution is 2.38. The summed E-state index contributed by atoms with van der Waals surface area (Å²) in [6.07, 6.45) is 0.657. The molecule has 0 unspecified atom stereocenters. The fourth-order valence-electron chi connectivity index (χ4n) is 2.34. The number of phenolic OH excluding ortho intramolecular Hbond substituents is 1. The van der Waals surface area contributed by atoms with Gasteiger partial charge in [0.05, 0.1) is 12.2 Å². The largest absolute Gasteiger partial charge is 0.504 e. The molecule has 0 radical (unpaired) electrons. The molecule has 3 rings (SSSR count). The summed E-state index contributed by atoms with van der Waals surface area (Å²) in [4.78, 5) is 11.4. The van der Waals surface area contributed by atoms with E-state index in [0.29, 0.717) is 40.7 Å². The number of ether oxygens (including phenoxy) is 1. The third kappa shape index (κ3) is 2.30. The minimum Gasteiger partial charge on any atom is -0.504 e. The smallest absolute Gasteiger partial charge is 0.164 e. The standard InChI is InChI=1S/C17H13FO4/c1-2-21-16-8-15-12(7-14(16)20)13(9-19)17(22-15)10-3-5-11(18)6-4-10/h3-9,20H,2H2,1H3. The van der Waals surface area contributed by atoms with Gasteiger partial charge in [-0.3, -0.25) is 4.79 Å². The lowest BCUT2D eigenvalue weighted by Gasteiger charge is -2.04. The first kappa shape index (κ1) is 14.1. The molecule has 0 saturated carbocycles. The molecule has 0 fully saturated rings. The zero-order valence-corrected chi connectivity index (χ0v) is 11.8. The number of rotatable bonds is 4. The number of hydrogen-bond donors (Lipinski definition) is 1. The van der Waals surface area contributed by atoms with Gasteiger partial charge in [-0.2, -0.15) is 0 Å². The Bertz CT molecular complexity index is 834. The first-order chi connectivity index (χ1) is 10.6. The van der Waals surface area contributed by atoms with Crippen LogP contribution >= 0.6 is 0 Å². The SMILES string of the molecule is CCOc1cc2oc(-c3ccc(F)cc3)c(C=O)c2cc1O. The average Bonchev–Trinajstić information content (AvgIpc) is 2.86. The van der Waals surface area contributed by atoms with Crippen molar-refractivity contribution in [1.29, 1.82) is 0 Å². The van der Waals surface area contributed by atoms with E-state index >= 15 is 0 Å². The van der Waals surface area contributed by atoms with Crippen LogP contribution in [0.1, 0.15) is 17.3 Å². The second-order valence-corrected chi connectivity index (χ2v) is 4.72. The van der Waals surface area contributed by atoms with Gasteiger partial charge in [0.2, 0.25) is 0 Å². The summed E-state index contributed by atoms with van der Waals surface area (Å²) in [5, 5.41) is 10.4. The number of furan rings is 1. The van der Waals surface area contributed by atoms with Crippen LogP contribution in [0.25, 0.3) is 22.3 Å². The van der Waals surface area contributed by atoms with Gasteiger partial charge < -0.3 is 14.3 Å². The Morgan fingerprint density at radius 3 is 2.64 bits per heavy atom. The van der Waals surface area contributed by atoms with Crippen molar-refractivity contribution in [2.24, 2.45) is 0 Å². The van der Waals surface area contributed by atoms with Crippen molar-refractivity contribution < 1.29 is 23.4 Å². The monoisotopic (exact) mass is 300 g/mol. The number of aldehydes is 1. The lowest BCUT2D eigenvalue weighted by atomic mass is 10.1. The van der Waals surface area contributed by atoms with Crippen molar-refractivity contribution >= 4 is 17.3 Å². The van der Waals surface area contributed by atoms with E-state index in [0.717, 1.165) is 0 Å². The Hall–Kier alpha value is -2.82. The van der Waals surface area contributed by atoms with Crippen LogP contribution in [0.5, 0.6) is 11.5 Å². The predicted molar refractivity (Wildman–Crippen MR) is 79.8 cm³/mol. The van der Waals surface area contributed by atoms with Gasteiger partial charge in [-0.25, -0.2) is 4.39 Å². The van der Waals surface area contributed by atoms with E-state index in [9.17, 15) is 14.3 Å². The van der Waals surface area contributed by atoms with Crippen LogP contribution in [0.2, 0.25) is 0 Å². The van der Waals surface area contributed by atoms with E-state index in [2.05, 4.69) is 0 Å². The second-order valence-electron chi connectivity index (χ2n) is 4.72. The van der Waals surface area contributed by atoms with Gasteiger partial charge >= 0.3 is 0 Å². The summed E-state index contributed by atoms with van der Waals surface area (Å²) in [6.45, 7) is 2.19. The number of halogens is 1. The van der Waals surface area contributed by atoms with Crippen LogP contribution in [0.3, 0.4) is 0 Å². The number of phenols is 1. The minimum absolute atomic E-state index is 0.0658. The van der Waals surface area contributed by atoms with E-state index < -0.39 is 0 Å². The lowest BCUT2D eigenvalue weighted by Crippen LogP contribution is -1.91. The summed E-state index contributed by atoms with van der Waals surface area (Å²) in [5.41, 5.74) is 1.31. The van der Waals surface area contributed by atoms with Gasteiger partial charge in [-0.15, -0.1) is 0 Å². The van der Waals surface area contributed by atoms with E-state index in [-0.39, 0.29) is 17.3 Å². The molecule has 0 bridgehead atoms. The third-order valence-electron chi connectivity index (χ3n) is 3.33. The molecule has 0 amide bonds. The van der Waals surface area contributed by atoms with Crippen LogP contribution in [0.15, 0.2) is 40.8 Å². The maximum absolute atomic E-state index is 13.0. The molecule has 2 aromatic carbocycles. The predicted octanol–water partition coefficient (Wildman–Crippen LogP) is 4.16. The third-order valence-corrected chi connectivity index (χ3v) is 3.33. The number of benzene rings is 2. The number of hydrogen-bond acceptors (Lipinski definition) is 4. The van der Waals surface area contributed by atoms with Crippen molar-refractivity contribution in [2.45, 2.75) is 6.92 Å². The zero-order chi connectivity index (χ0) is 15.7. The fourth-order valence-corrected chi connectivity index (χ4v) is 2.34. The molecule has 1 heterocycles. The van der Waals surface area contributed by atoms with Crippen molar-refractivity contribution in [3.63, 3.8) is 0 Å². The molecule has 0 aliphatic carbocycles. The number of aromatic hydroxyl groups is 1. The maximum Gasteiger partial charge on any atom is 0.164 e. The Kier molecular flexibility index (Phi) is 3.55. The summed E-state index contributed by atoms with van der Waals surface area (Å²) in [6, 6.07) is 8.61. The Balaban J connectivity index is 2.22. The highest BCUT2D eigenvalue weighted by atomic mass is 19.1. The first-order valence-corrected chi connectivity index (χ1v) is 6.77. The molecule has 1 aromatic heterocycles. The summed E-state index contributed by atoms with van der Waals surface area (Å²) >= 11 is 0. The summed E-state index contributed by atoms with van der Waals surface area (Å²) in [5.74, 6) is 0.178. The normalized spacial score (nSPS) is 10.8. The lowest BCUT2D eigenvalue weighted by molar-refractivity contribution is 0.112. The Morgan fingerprint density at radius 2 is 2.00 bits per heavy atom. The molecular formula is C17H13FO4. The Labute approximate surface area is 125 Å². The van der Waals surface area contributed by atoms with Crippen molar-refractivity contribution in [2.75, 3.05) is 6.61 Å².